The van der Waals surface area contributed by atoms with Crippen LogP contribution in [0, 0.1) is 0 Å². The monoisotopic (exact) mass is 309 g/mol. The minimum Gasteiger partial charge on any atom is -0.397 e. The maximum Gasteiger partial charge on any atom is 0.263 e. The van der Waals surface area contributed by atoms with Crippen molar-refractivity contribution in [2.24, 2.45) is 0 Å². The van der Waals surface area contributed by atoms with Crippen molar-refractivity contribution in [3.8, 4) is 0 Å². The maximum absolute atomic E-state index is 12.2. The number of thiophene rings is 1. The molecule has 0 bridgehead atoms. The average molecular weight is 309 g/mol. The Morgan fingerprint density at radius 3 is 2.62 bits per heavy atom. The van der Waals surface area contributed by atoms with Crippen LogP contribution in [0.4, 0.5) is 10.7 Å². The van der Waals surface area contributed by atoms with Crippen LogP contribution in [-0.2, 0) is 0 Å². The first-order chi connectivity index (χ1) is 10.1. The summed E-state index contributed by atoms with van der Waals surface area (Å²) in [4.78, 5) is 15.1. The quantitative estimate of drug-likeness (QED) is 0.794. The van der Waals surface area contributed by atoms with Gasteiger partial charge in [-0.2, -0.15) is 0 Å². The summed E-state index contributed by atoms with van der Waals surface area (Å²) in [5.74, 6) is 0.455. The van der Waals surface area contributed by atoms with Gasteiger partial charge in [0.25, 0.3) is 5.91 Å². The number of aliphatic hydroxyl groups is 1. The van der Waals surface area contributed by atoms with Gasteiger partial charge in [-0.3, -0.25) is 4.79 Å². The molecule has 1 aromatic rings. The molecule has 0 spiro atoms. The van der Waals surface area contributed by atoms with E-state index in [-0.39, 0.29) is 12.0 Å². The van der Waals surface area contributed by atoms with Crippen LogP contribution in [-0.4, -0.2) is 36.8 Å². The molecule has 4 N–H and O–H groups in total. The van der Waals surface area contributed by atoms with Crippen molar-refractivity contribution < 1.29 is 9.90 Å². The number of amides is 1. The Balaban J connectivity index is 1.91. The van der Waals surface area contributed by atoms with Gasteiger partial charge in [-0.15, -0.1) is 11.3 Å². The van der Waals surface area contributed by atoms with Crippen molar-refractivity contribution >= 4 is 27.9 Å². The fraction of sp³-hybridized carbons (Fsp3) is 0.667. The summed E-state index contributed by atoms with van der Waals surface area (Å²) < 4.78 is 0. The van der Waals surface area contributed by atoms with Gasteiger partial charge in [0.2, 0.25) is 0 Å². The van der Waals surface area contributed by atoms with E-state index in [0.717, 1.165) is 30.9 Å². The number of aliphatic hydroxyl groups excluding tert-OH is 1. The van der Waals surface area contributed by atoms with Crippen molar-refractivity contribution in [1.82, 2.24) is 5.32 Å². The van der Waals surface area contributed by atoms with Crippen molar-refractivity contribution in [2.45, 2.75) is 44.6 Å². The predicted octanol–water partition coefficient (Wildman–Crippen LogP) is 1.92. The second-order valence-corrected chi connectivity index (χ2v) is 6.91. The number of nitrogens with zero attached hydrogens (tertiary/aromatic N) is 1. The van der Waals surface area contributed by atoms with E-state index in [1.54, 1.807) is 0 Å². The standard InChI is InChI=1S/C15H23N3O2S/c1-2-17-14(20)13-12(16)11(9-3-4-9)15(21-13)18-7-5-10(19)6-8-18/h9-10,19H,2-8,16H2,1H3,(H,17,20). The summed E-state index contributed by atoms with van der Waals surface area (Å²) >= 11 is 1.52. The van der Waals surface area contributed by atoms with E-state index in [9.17, 15) is 9.90 Å². The van der Waals surface area contributed by atoms with E-state index in [1.165, 1.54) is 29.7 Å². The fourth-order valence-electron chi connectivity index (χ4n) is 2.92. The van der Waals surface area contributed by atoms with Gasteiger partial charge in [0.1, 0.15) is 4.88 Å². The Hall–Kier alpha value is -1.27. The van der Waals surface area contributed by atoms with Crippen molar-refractivity contribution in [1.29, 1.82) is 0 Å². The number of hydrogen-bond donors (Lipinski definition) is 3. The number of carbonyl (C=O) groups is 1. The first-order valence-corrected chi connectivity index (χ1v) is 8.56. The molecular weight excluding hydrogens is 286 g/mol. The van der Waals surface area contributed by atoms with Crippen LogP contribution in [0.5, 0.6) is 0 Å². The molecule has 2 heterocycles. The zero-order valence-corrected chi connectivity index (χ0v) is 13.2. The number of hydrogen-bond acceptors (Lipinski definition) is 5. The fourth-order valence-corrected chi connectivity index (χ4v) is 4.20. The van der Waals surface area contributed by atoms with Gasteiger partial charge in [0.05, 0.1) is 16.8 Å². The first-order valence-electron chi connectivity index (χ1n) is 7.75. The third-order valence-corrected chi connectivity index (χ3v) is 5.53. The molecule has 0 aromatic carbocycles. The summed E-state index contributed by atoms with van der Waals surface area (Å²) in [6.07, 6.45) is 3.72. The molecule has 2 fully saturated rings. The lowest BCUT2D eigenvalue weighted by atomic mass is 10.1. The third-order valence-electron chi connectivity index (χ3n) is 4.24. The number of rotatable bonds is 4. The smallest absolute Gasteiger partial charge is 0.263 e. The Morgan fingerprint density at radius 1 is 1.38 bits per heavy atom. The molecular formula is C15H23N3O2S. The Labute approximate surface area is 129 Å². The second kappa shape index (κ2) is 5.85. The molecule has 1 saturated carbocycles. The summed E-state index contributed by atoms with van der Waals surface area (Å²) in [6, 6.07) is 0. The van der Waals surface area contributed by atoms with Crippen molar-refractivity contribution in [3.05, 3.63) is 10.4 Å². The van der Waals surface area contributed by atoms with Crippen LogP contribution in [0.25, 0.3) is 0 Å². The lowest BCUT2D eigenvalue weighted by Crippen LogP contribution is -2.35. The molecule has 5 nitrogen and oxygen atoms in total. The number of piperidine rings is 1. The normalized spacial score (nSPS) is 19.8. The lowest BCUT2D eigenvalue weighted by molar-refractivity contribution is 0.0960. The van der Waals surface area contributed by atoms with Gasteiger partial charge in [-0.25, -0.2) is 0 Å². The van der Waals surface area contributed by atoms with E-state index in [0.29, 0.717) is 23.0 Å². The molecule has 1 aliphatic heterocycles. The largest absolute Gasteiger partial charge is 0.397 e. The van der Waals surface area contributed by atoms with Crippen LogP contribution in [0.1, 0.15) is 53.8 Å². The second-order valence-electron chi connectivity index (χ2n) is 5.92. The van der Waals surface area contributed by atoms with Crippen LogP contribution < -0.4 is 16.0 Å². The van der Waals surface area contributed by atoms with Crippen LogP contribution in [0.3, 0.4) is 0 Å². The van der Waals surface area contributed by atoms with Crippen LogP contribution in [0.15, 0.2) is 0 Å². The number of nitrogens with two attached hydrogens (primary N) is 1. The topological polar surface area (TPSA) is 78.6 Å². The van der Waals surface area contributed by atoms with Crippen LogP contribution in [0.2, 0.25) is 0 Å². The van der Waals surface area contributed by atoms with Crippen molar-refractivity contribution in [3.63, 3.8) is 0 Å². The van der Waals surface area contributed by atoms with Gasteiger partial charge < -0.3 is 21.1 Å². The highest BCUT2D eigenvalue weighted by Crippen LogP contribution is 2.52. The Kier molecular flexibility index (Phi) is 4.08. The van der Waals surface area contributed by atoms with E-state index < -0.39 is 0 Å². The molecule has 2 aliphatic rings. The molecule has 0 unspecified atom stereocenters. The molecule has 3 rings (SSSR count). The molecule has 21 heavy (non-hydrogen) atoms. The molecule has 116 valence electrons. The molecule has 1 aliphatic carbocycles. The van der Waals surface area contributed by atoms with E-state index >= 15 is 0 Å². The zero-order chi connectivity index (χ0) is 15.0. The highest BCUT2D eigenvalue weighted by molar-refractivity contribution is 7.18. The summed E-state index contributed by atoms with van der Waals surface area (Å²) in [5.41, 5.74) is 8.14. The number of anilines is 2. The number of carbonyl (C=O) groups excluding carboxylic acids is 1. The molecule has 0 radical (unpaired) electrons. The molecule has 1 saturated heterocycles. The van der Waals surface area contributed by atoms with Gasteiger partial charge in [-0.05, 0) is 38.5 Å². The minimum atomic E-state index is -0.189. The van der Waals surface area contributed by atoms with E-state index in [4.69, 9.17) is 5.73 Å². The Morgan fingerprint density at radius 2 is 2.05 bits per heavy atom. The number of nitrogen functional groups attached to an aromatic ring is 1. The van der Waals surface area contributed by atoms with Crippen molar-refractivity contribution in [2.75, 3.05) is 30.3 Å². The SMILES string of the molecule is CCNC(=O)c1sc(N2CCC(O)CC2)c(C2CC2)c1N. The zero-order valence-electron chi connectivity index (χ0n) is 12.4. The molecule has 0 atom stereocenters. The van der Waals surface area contributed by atoms with Crippen LogP contribution >= 0.6 is 11.3 Å². The average Bonchev–Trinajstić information content (AvgIpc) is 3.23. The highest BCUT2D eigenvalue weighted by atomic mass is 32.1. The molecule has 1 amide bonds. The van der Waals surface area contributed by atoms with E-state index in [2.05, 4.69) is 10.2 Å². The summed E-state index contributed by atoms with van der Waals surface area (Å²) in [5, 5.41) is 13.7. The van der Waals surface area contributed by atoms with Gasteiger partial charge in [0, 0.05) is 25.2 Å². The first kappa shape index (κ1) is 14.7. The minimum absolute atomic E-state index is 0.0646. The predicted molar refractivity (Wildman–Crippen MR) is 86.2 cm³/mol. The van der Waals surface area contributed by atoms with Gasteiger partial charge >= 0.3 is 0 Å². The Bertz CT molecular complexity index is 531. The van der Waals surface area contributed by atoms with Gasteiger partial charge in [-0.1, -0.05) is 0 Å². The highest BCUT2D eigenvalue weighted by Gasteiger charge is 2.35. The third kappa shape index (κ3) is 2.87. The molecule has 1 aromatic heterocycles. The lowest BCUT2D eigenvalue weighted by Gasteiger charge is -2.31. The maximum atomic E-state index is 12.2. The number of nitrogens with one attached hydrogen (secondary N) is 1. The van der Waals surface area contributed by atoms with E-state index in [1.807, 2.05) is 6.92 Å². The molecule has 6 heteroatoms. The summed E-state index contributed by atoms with van der Waals surface area (Å²) in [7, 11) is 0. The van der Waals surface area contributed by atoms with Gasteiger partial charge in [0.15, 0.2) is 0 Å². The summed E-state index contributed by atoms with van der Waals surface area (Å²) in [6.45, 7) is 4.21.